The molecule has 6 heteroatoms. The van der Waals surface area contributed by atoms with E-state index in [1.807, 2.05) is 30.3 Å². The summed E-state index contributed by atoms with van der Waals surface area (Å²) in [6, 6.07) is 16.3. The molecule has 2 saturated heterocycles. The molecule has 0 saturated carbocycles. The van der Waals surface area contributed by atoms with E-state index in [4.69, 9.17) is 9.47 Å². The van der Waals surface area contributed by atoms with Crippen LogP contribution in [0.2, 0.25) is 0 Å². The van der Waals surface area contributed by atoms with Gasteiger partial charge < -0.3 is 14.4 Å². The van der Waals surface area contributed by atoms with Crippen molar-refractivity contribution >= 4 is 17.3 Å². The van der Waals surface area contributed by atoms with Gasteiger partial charge in [0.15, 0.2) is 11.6 Å². The number of ether oxygens (including phenoxy) is 2. The standard InChI is InChI=1S/C30H36N2O4/c1-5-22-18-31-15-14-30(27(31)16-23(22)24(19-35-3)20(2)33)29(34)28-25(12-9-13-26(28)36-4)32(30)17-21-10-7-6-8-11-21/h6-13,19,22-23,27H,5,14-18H2,1-4H3/t22-,23+,27?,30+/m1/s1. The Morgan fingerprint density at radius 3 is 2.58 bits per heavy atom. The predicted octanol–water partition coefficient (Wildman–Crippen LogP) is 4.88. The number of methoxy groups -OCH3 is 2. The van der Waals surface area contributed by atoms with E-state index in [-0.39, 0.29) is 23.5 Å². The first-order valence-corrected chi connectivity index (χ1v) is 13.0. The lowest BCUT2D eigenvalue weighted by molar-refractivity contribution is -0.114. The van der Waals surface area contributed by atoms with Crippen LogP contribution >= 0.6 is 0 Å². The topological polar surface area (TPSA) is 59.1 Å². The number of hydrogen-bond acceptors (Lipinski definition) is 6. The Balaban J connectivity index is 1.62. The molecule has 3 heterocycles. The molecule has 2 aromatic carbocycles. The zero-order valence-corrected chi connectivity index (χ0v) is 21.7. The molecule has 1 unspecified atom stereocenters. The number of benzene rings is 2. The molecule has 3 aliphatic rings. The summed E-state index contributed by atoms with van der Waals surface area (Å²) in [6.45, 7) is 6.20. The van der Waals surface area contributed by atoms with Crippen LogP contribution in [0, 0.1) is 11.8 Å². The third-order valence-electron chi connectivity index (χ3n) is 8.66. The van der Waals surface area contributed by atoms with E-state index in [1.54, 1.807) is 27.4 Å². The Bertz CT molecular complexity index is 1180. The van der Waals surface area contributed by atoms with E-state index in [0.717, 1.165) is 43.6 Å². The van der Waals surface area contributed by atoms with Gasteiger partial charge in [-0.15, -0.1) is 0 Å². The minimum atomic E-state index is -0.696. The van der Waals surface area contributed by atoms with Crippen molar-refractivity contribution in [2.24, 2.45) is 11.8 Å². The van der Waals surface area contributed by atoms with Gasteiger partial charge >= 0.3 is 0 Å². The Kier molecular flexibility index (Phi) is 6.64. The van der Waals surface area contributed by atoms with Crippen LogP contribution in [0.25, 0.3) is 0 Å². The van der Waals surface area contributed by atoms with Gasteiger partial charge in [0.05, 0.1) is 31.7 Å². The number of carbonyl (C=O) groups excluding carboxylic acids is 2. The number of rotatable bonds is 7. The summed E-state index contributed by atoms with van der Waals surface area (Å²) in [6.07, 6.45) is 4.11. The Morgan fingerprint density at radius 2 is 1.92 bits per heavy atom. The summed E-state index contributed by atoms with van der Waals surface area (Å²) < 4.78 is 11.0. The van der Waals surface area contributed by atoms with Crippen molar-refractivity contribution in [1.29, 1.82) is 0 Å². The molecular weight excluding hydrogens is 452 g/mol. The molecule has 3 aliphatic heterocycles. The highest BCUT2D eigenvalue weighted by molar-refractivity contribution is 6.16. The molecule has 2 aromatic rings. The van der Waals surface area contributed by atoms with Gasteiger partial charge in [-0.3, -0.25) is 14.5 Å². The molecule has 0 amide bonds. The van der Waals surface area contributed by atoms with Crippen LogP contribution in [0.4, 0.5) is 5.69 Å². The number of piperidine rings is 1. The highest BCUT2D eigenvalue weighted by Crippen LogP contribution is 2.54. The maximum absolute atomic E-state index is 14.5. The summed E-state index contributed by atoms with van der Waals surface area (Å²) in [7, 11) is 3.23. The number of anilines is 1. The van der Waals surface area contributed by atoms with Crippen molar-refractivity contribution in [1.82, 2.24) is 4.90 Å². The van der Waals surface area contributed by atoms with Crippen molar-refractivity contribution < 1.29 is 19.1 Å². The van der Waals surface area contributed by atoms with Crippen molar-refractivity contribution in [3.05, 3.63) is 71.5 Å². The highest BCUT2D eigenvalue weighted by Gasteiger charge is 2.63. The summed E-state index contributed by atoms with van der Waals surface area (Å²) in [5, 5.41) is 0. The summed E-state index contributed by atoms with van der Waals surface area (Å²) in [5.41, 5.74) is 2.84. The van der Waals surface area contributed by atoms with Crippen LogP contribution in [0.15, 0.2) is 60.4 Å². The van der Waals surface area contributed by atoms with E-state index < -0.39 is 5.54 Å². The fourth-order valence-corrected chi connectivity index (χ4v) is 6.98. The molecule has 0 N–H and O–H groups in total. The largest absolute Gasteiger partial charge is 0.504 e. The molecule has 2 fully saturated rings. The average Bonchev–Trinajstić information content (AvgIpc) is 3.38. The molecule has 36 heavy (non-hydrogen) atoms. The number of carbonyl (C=O) groups is 2. The molecule has 4 atom stereocenters. The maximum atomic E-state index is 14.5. The van der Waals surface area contributed by atoms with Crippen LogP contribution in [-0.4, -0.2) is 55.4 Å². The zero-order chi connectivity index (χ0) is 25.4. The van der Waals surface area contributed by atoms with Gasteiger partial charge in [-0.1, -0.05) is 49.7 Å². The SMILES string of the molecule is CC[C@@H]1CN2CC[C@@]3(C(=O)c4c(OC)cccc4N3Cc3ccccc3)C2C[C@@H]1C(=COC)C(C)=O. The highest BCUT2D eigenvalue weighted by atomic mass is 16.5. The Hall–Kier alpha value is -3.12. The molecule has 6 nitrogen and oxygen atoms in total. The monoisotopic (exact) mass is 488 g/mol. The normalized spacial score (nSPS) is 27.8. The molecule has 0 bridgehead atoms. The van der Waals surface area contributed by atoms with Crippen LogP contribution in [0.5, 0.6) is 5.75 Å². The van der Waals surface area contributed by atoms with Crippen LogP contribution in [0.1, 0.15) is 49.0 Å². The summed E-state index contributed by atoms with van der Waals surface area (Å²) in [4.78, 5) is 32.0. The maximum Gasteiger partial charge on any atom is 0.195 e. The second kappa shape index (κ2) is 9.74. The van der Waals surface area contributed by atoms with Crippen LogP contribution in [-0.2, 0) is 16.1 Å². The van der Waals surface area contributed by atoms with E-state index in [9.17, 15) is 9.59 Å². The van der Waals surface area contributed by atoms with E-state index in [1.165, 1.54) is 5.56 Å². The molecular formula is C30H36N2O4. The molecule has 5 rings (SSSR count). The minimum absolute atomic E-state index is 0.00164. The number of ketones is 2. The molecule has 0 aromatic heterocycles. The molecule has 1 spiro atoms. The Morgan fingerprint density at radius 1 is 1.14 bits per heavy atom. The smallest absolute Gasteiger partial charge is 0.195 e. The van der Waals surface area contributed by atoms with Gasteiger partial charge in [0.2, 0.25) is 0 Å². The second-order valence-corrected chi connectivity index (χ2v) is 10.3. The zero-order valence-electron chi connectivity index (χ0n) is 21.7. The fraction of sp³-hybridized carbons (Fsp3) is 0.467. The first-order valence-electron chi connectivity index (χ1n) is 13.0. The van der Waals surface area contributed by atoms with Gasteiger partial charge in [0.1, 0.15) is 11.3 Å². The van der Waals surface area contributed by atoms with Gasteiger partial charge in [0.25, 0.3) is 0 Å². The lowest BCUT2D eigenvalue weighted by atomic mass is 9.71. The quantitative estimate of drug-likeness (QED) is 0.409. The number of hydrogen-bond donors (Lipinski definition) is 0. The lowest BCUT2D eigenvalue weighted by Gasteiger charge is -2.48. The molecule has 0 aliphatic carbocycles. The van der Waals surface area contributed by atoms with Gasteiger partial charge in [-0.2, -0.15) is 0 Å². The number of allylic oxidation sites excluding steroid dienone is 1. The molecule has 190 valence electrons. The fourth-order valence-electron chi connectivity index (χ4n) is 6.98. The summed E-state index contributed by atoms with van der Waals surface area (Å²) in [5.74, 6) is 1.23. The summed E-state index contributed by atoms with van der Waals surface area (Å²) >= 11 is 0. The molecule has 0 radical (unpaired) electrons. The van der Waals surface area contributed by atoms with Gasteiger partial charge in [0, 0.05) is 31.2 Å². The van der Waals surface area contributed by atoms with Crippen LogP contribution in [0.3, 0.4) is 0 Å². The Labute approximate surface area is 213 Å². The van der Waals surface area contributed by atoms with Crippen molar-refractivity contribution in [3.8, 4) is 5.75 Å². The number of Topliss-reactive ketones (excluding diaryl/α,β-unsaturated/α-hetero) is 2. The van der Waals surface area contributed by atoms with Crippen molar-refractivity contribution in [2.75, 3.05) is 32.2 Å². The van der Waals surface area contributed by atoms with Crippen molar-refractivity contribution in [2.45, 2.75) is 51.2 Å². The first-order chi connectivity index (χ1) is 17.5. The van der Waals surface area contributed by atoms with Gasteiger partial charge in [-0.25, -0.2) is 0 Å². The van der Waals surface area contributed by atoms with Crippen molar-refractivity contribution in [3.63, 3.8) is 0 Å². The van der Waals surface area contributed by atoms with E-state index in [0.29, 0.717) is 23.8 Å². The predicted molar refractivity (Wildman–Crippen MR) is 140 cm³/mol. The average molecular weight is 489 g/mol. The lowest BCUT2D eigenvalue weighted by Crippen LogP contribution is -2.61. The van der Waals surface area contributed by atoms with Gasteiger partial charge in [-0.05, 0) is 49.3 Å². The van der Waals surface area contributed by atoms with E-state index >= 15 is 0 Å². The number of nitrogens with zero attached hydrogens (tertiary/aromatic N) is 2. The third kappa shape index (κ3) is 3.74. The third-order valence-corrected chi connectivity index (χ3v) is 8.66. The first kappa shape index (κ1) is 24.6. The number of fused-ring (bicyclic) bond motifs is 3. The minimum Gasteiger partial charge on any atom is -0.504 e. The second-order valence-electron chi connectivity index (χ2n) is 10.3. The van der Waals surface area contributed by atoms with E-state index in [2.05, 4.69) is 34.9 Å². The van der Waals surface area contributed by atoms with Crippen LogP contribution < -0.4 is 9.64 Å².